The molecule has 0 bridgehead atoms. The maximum atomic E-state index is 3.86. The topological polar surface area (TPSA) is 0 Å². The van der Waals surface area contributed by atoms with Gasteiger partial charge in [-0.3, -0.25) is 0 Å². The fraction of sp³-hybridized carbons (Fsp3) is 0.250. The Hall–Kier alpha value is -1.34. The van der Waals surface area contributed by atoms with Crippen molar-refractivity contribution < 1.29 is 0 Å². The van der Waals surface area contributed by atoms with Crippen LogP contribution in [0.4, 0.5) is 0 Å². The molecule has 2 atom stereocenters. The number of benzene rings is 2. The SMILES string of the molecule is CC1Cc2c(-c3ccccc3)cccc2C1[Si]. The van der Waals surface area contributed by atoms with Crippen LogP contribution in [-0.4, -0.2) is 10.2 Å². The molecule has 1 aliphatic carbocycles. The highest BCUT2D eigenvalue weighted by molar-refractivity contribution is 6.13. The lowest BCUT2D eigenvalue weighted by Crippen LogP contribution is -2.01. The molecule has 2 aromatic carbocycles. The first-order valence-corrected chi connectivity index (χ1v) is 6.73. The van der Waals surface area contributed by atoms with Gasteiger partial charge in [-0.1, -0.05) is 55.5 Å². The van der Waals surface area contributed by atoms with Crippen molar-refractivity contribution in [3.05, 3.63) is 59.7 Å². The van der Waals surface area contributed by atoms with E-state index >= 15 is 0 Å². The van der Waals surface area contributed by atoms with Gasteiger partial charge in [-0.05, 0) is 40.1 Å². The van der Waals surface area contributed by atoms with E-state index in [2.05, 4.69) is 65.7 Å². The highest BCUT2D eigenvalue weighted by Gasteiger charge is 2.27. The molecule has 2 unspecified atom stereocenters. The Morgan fingerprint density at radius 2 is 1.76 bits per heavy atom. The zero-order valence-corrected chi connectivity index (χ0v) is 11.0. The van der Waals surface area contributed by atoms with E-state index in [1.54, 1.807) is 0 Å². The lowest BCUT2D eigenvalue weighted by atomic mass is 9.97. The third-order valence-electron chi connectivity index (χ3n) is 3.73. The second-order valence-electron chi connectivity index (χ2n) is 4.90. The molecular formula is C16H15Si. The van der Waals surface area contributed by atoms with E-state index in [0.29, 0.717) is 11.5 Å². The summed E-state index contributed by atoms with van der Waals surface area (Å²) in [6.07, 6.45) is 1.18. The second kappa shape index (κ2) is 4.15. The molecule has 0 fully saturated rings. The van der Waals surface area contributed by atoms with Crippen LogP contribution in [0.1, 0.15) is 23.6 Å². The van der Waals surface area contributed by atoms with Gasteiger partial charge in [0.25, 0.3) is 0 Å². The first-order chi connectivity index (χ1) is 8.27. The summed E-state index contributed by atoms with van der Waals surface area (Å²) in [5.74, 6) is 0.687. The Morgan fingerprint density at radius 3 is 2.53 bits per heavy atom. The van der Waals surface area contributed by atoms with Crippen molar-refractivity contribution >= 4 is 10.2 Å². The third-order valence-corrected chi connectivity index (χ3v) is 4.61. The van der Waals surface area contributed by atoms with Gasteiger partial charge in [0.2, 0.25) is 0 Å². The lowest BCUT2D eigenvalue weighted by molar-refractivity contribution is 0.608. The molecule has 0 saturated carbocycles. The molecule has 2 aromatic rings. The van der Waals surface area contributed by atoms with Gasteiger partial charge in [-0.15, -0.1) is 0 Å². The van der Waals surface area contributed by atoms with Crippen molar-refractivity contribution in [2.45, 2.75) is 18.9 Å². The molecule has 0 saturated heterocycles. The van der Waals surface area contributed by atoms with Crippen molar-refractivity contribution in [2.75, 3.05) is 0 Å². The molecule has 0 amide bonds. The highest BCUT2D eigenvalue weighted by Crippen LogP contribution is 2.40. The minimum Gasteiger partial charge on any atom is -0.0622 e. The monoisotopic (exact) mass is 235 g/mol. The maximum absolute atomic E-state index is 3.86. The van der Waals surface area contributed by atoms with Crippen LogP contribution in [0.15, 0.2) is 48.5 Å². The molecule has 1 heteroatoms. The molecule has 17 heavy (non-hydrogen) atoms. The predicted molar refractivity (Wildman–Crippen MR) is 73.2 cm³/mol. The Bertz CT molecular complexity index is 530. The fourth-order valence-electron chi connectivity index (χ4n) is 2.76. The normalized spacial score (nSPS) is 22.5. The average Bonchev–Trinajstić information content (AvgIpc) is 2.67. The summed E-state index contributed by atoms with van der Waals surface area (Å²) in [5, 5.41) is 0. The third kappa shape index (κ3) is 1.75. The van der Waals surface area contributed by atoms with Crippen LogP contribution in [0, 0.1) is 5.92 Å². The van der Waals surface area contributed by atoms with E-state index in [1.807, 2.05) is 0 Å². The summed E-state index contributed by atoms with van der Waals surface area (Å²) in [6.45, 7) is 2.31. The lowest BCUT2D eigenvalue weighted by Gasteiger charge is -2.10. The van der Waals surface area contributed by atoms with Crippen molar-refractivity contribution in [1.82, 2.24) is 0 Å². The molecule has 0 aromatic heterocycles. The summed E-state index contributed by atoms with van der Waals surface area (Å²) in [5.41, 5.74) is 6.23. The zero-order chi connectivity index (χ0) is 11.8. The Morgan fingerprint density at radius 1 is 1.00 bits per heavy atom. The van der Waals surface area contributed by atoms with Crippen molar-refractivity contribution in [1.29, 1.82) is 0 Å². The van der Waals surface area contributed by atoms with Crippen molar-refractivity contribution in [3.8, 4) is 11.1 Å². The Labute approximate surface area is 106 Å². The number of rotatable bonds is 1. The Balaban J connectivity index is 2.16. The summed E-state index contributed by atoms with van der Waals surface area (Å²) >= 11 is 0. The standard InChI is InChI=1S/C16H15Si/c1-11-10-15-13(12-6-3-2-4-7-12)8-5-9-14(15)16(11)17/h2-9,11,16H,10H2,1H3. The van der Waals surface area contributed by atoms with E-state index in [1.165, 1.54) is 28.7 Å². The molecule has 0 heterocycles. The van der Waals surface area contributed by atoms with E-state index in [4.69, 9.17) is 0 Å². The van der Waals surface area contributed by atoms with Crippen LogP contribution in [0.3, 0.4) is 0 Å². The minimum atomic E-state index is 0.508. The van der Waals surface area contributed by atoms with Gasteiger partial charge < -0.3 is 0 Å². The number of hydrogen-bond donors (Lipinski definition) is 0. The molecule has 3 radical (unpaired) electrons. The van der Waals surface area contributed by atoms with Crippen LogP contribution >= 0.6 is 0 Å². The molecule has 83 valence electrons. The van der Waals surface area contributed by atoms with Gasteiger partial charge in [0, 0.05) is 10.2 Å². The van der Waals surface area contributed by atoms with Crippen molar-refractivity contribution in [3.63, 3.8) is 0 Å². The molecule has 0 spiro atoms. The molecule has 0 nitrogen and oxygen atoms in total. The molecule has 0 N–H and O–H groups in total. The van der Waals surface area contributed by atoms with Gasteiger partial charge in [0.05, 0.1) is 0 Å². The number of hydrogen-bond acceptors (Lipinski definition) is 0. The van der Waals surface area contributed by atoms with Gasteiger partial charge in [0.1, 0.15) is 0 Å². The van der Waals surface area contributed by atoms with Crippen LogP contribution in [0.5, 0.6) is 0 Å². The molecule has 1 aliphatic rings. The van der Waals surface area contributed by atoms with Gasteiger partial charge >= 0.3 is 0 Å². The van der Waals surface area contributed by atoms with E-state index in [0.717, 1.165) is 0 Å². The van der Waals surface area contributed by atoms with Crippen LogP contribution in [0.25, 0.3) is 11.1 Å². The fourth-order valence-corrected chi connectivity index (χ4v) is 3.15. The maximum Gasteiger partial charge on any atom is 0.0335 e. The molecule has 0 aliphatic heterocycles. The Kier molecular flexibility index (Phi) is 2.64. The minimum absolute atomic E-state index is 0.508. The van der Waals surface area contributed by atoms with Gasteiger partial charge in [-0.25, -0.2) is 0 Å². The van der Waals surface area contributed by atoms with Crippen LogP contribution in [-0.2, 0) is 6.42 Å². The van der Waals surface area contributed by atoms with Crippen LogP contribution in [0.2, 0.25) is 0 Å². The quantitative estimate of drug-likeness (QED) is 0.660. The van der Waals surface area contributed by atoms with Crippen LogP contribution < -0.4 is 0 Å². The van der Waals surface area contributed by atoms with E-state index < -0.39 is 0 Å². The molecule has 3 rings (SSSR count). The van der Waals surface area contributed by atoms with Gasteiger partial charge in [-0.2, -0.15) is 0 Å². The first-order valence-electron chi connectivity index (χ1n) is 6.15. The summed E-state index contributed by atoms with van der Waals surface area (Å²) in [7, 11) is 3.86. The molecular weight excluding hydrogens is 220 g/mol. The highest BCUT2D eigenvalue weighted by atomic mass is 28.1. The number of fused-ring (bicyclic) bond motifs is 1. The largest absolute Gasteiger partial charge is 0.0622 e. The summed E-state index contributed by atoms with van der Waals surface area (Å²) < 4.78 is 0. The van der Waals surface area contributed by atoms with E-state index in [-0.39, 0.29) is 0 Å². The zero-order valence-electron chi connectivity index (χ0n) is 9.98. The second-order valence-corrected chi connectivity index (χ2v) is 5.52. The van der Waals surface area contributed by atoms with Crippen molar-refractivity contribution in [2.24, 2.45) is 5.92 Å². The summed E-state index contributed by atoms with van der Waals surface area (Å²) in [4.78, 5) is 0. The summed E-state index contributed by atoms with van der Waals surface area (Å²) in [6, 6.07) is 17.3. The van der Waals surface area contributed by atoms with E-state index in [9.17, 15) is 0 Å². The predicted octanol–water partition coefficient (Wildman–Crippen LogP) is 3.76. The van der Waals surface area contributed by atoms with Gasteiger partial charge in [0.15, 0.2) is 0 Å². The average molecular weight is 235 g/mol. The smallest absolute Gasteiger partial charge is 0.0335 e. The first kappa shape index (κ1) is 10.8.